The average Bonchev–Trinajstić information content (AvgIpc) is 2.61. The number of carbonyl (C=O) groups excluding carboxylic acids is 1. The van der Waals surface area contributed by atoms with Crippen LogP contribution in [0.25, 0.3) is 5.65 Å². The maximum Gasteiger partial charge on any atom is 0.205 e. The third-order valence-electron chi connectivity index (χ3n) is 2.36. The molecule has 5 heteroatoms. The Morgan fingerprint density at radius 1 is 1.47 bits per heavy atom. The third kappa shape index (κ3) is 2.18. The Kier molecular flexibility index (Phi) is 2.91. The lowest BCUT2D eigenvalue weighted by Gasteiger charge is -2.03. The molecule has 2 heterocycles. The fourth-order valence-corrected chi connectivity index (χ4v) is 1.62. The second-order valence-electron chi connectivity index (χ2n) is 3.99. The molecule has 0 saturated heterocycles. The van der Waals surface area contributed by atoms with Gasteiger partial charge in [-0.05, 0) is 6.92 Å². The monoisotopic (exact) mass is 230 g/mol. The Balaban J connectivity index is 2.48. The highest BCUT2D eigenvalue weighted by atomic mass is 16.1. The zero-order chi connectivity index (χ0) is 12.4. The number of aromatic nitrogens is 3. The number of allylic oxidation sites excluding steroid dienone is 1. The smallest absolute Gasteiger partial charge is 0.205 e. The highest BCUT2D eigenvalue weighted by Gasteiger charge is 2.13. The van der Waals surface area contributed by atoms with Crippen molar-refractivity contribution in [1.82, 2.24) is 19.3 Å². The molecule has 0 fully saturated rings. The molecule has 0 aliphatic heterocycles. The SMILES string of the molecule is Cc1nc2cnccn2c1C(=O)C=CN(C)C. The molecule has 17 heavy (non-hydrogen) atoms. The van der Waals surface area contributed by atoms with Crippen LogP contribution in [0.1, 0.15) is 16.2 Å². The molecule has 0 spiro atoms. The first-order valence-electron chi connectivity index (χ1n) is 5.27. The van der Waals surface area contributed by atoms with Gasteiger partial charge in [-0.2, -0.15) is 0 Å². The van der Waals surface area contributed by atoms with E-state index in [9.17, 15) is 4.79 Å². The van der Waals surface area contributed by atoms with Crippen molar-refractivity contribution in [2.24, 2.45) is 0 Å². The molecule has 0 amide bonds. The molecule has 88 valence electrons. The Morgan fingerprint density at radius 3 is 2.94 bits per heavy atom. The van der Waals surface area contributed by atoms with Crippen LogP contribution >= 0.6 is 0 Å². The van der Waals surface area contributed by atoms with Crippen molar-refractivity contribution in [3.05, 3.63) is 42.3 Å². The van der Waals surface area contributed by atoms with Crippen LogP contribution < -0.4 is 0 Å². The van der Waals surface area contributed by atoms with Crippen molar-refractivity contribution in [2.45, 2.75) is 6.92 Å². The molecule has 0 aliphatic rings. The van der Waals surface area contributed by atoms with Gasteiger partial charge in [-0.25, -0.2) is 4.98 Å². The summed E-state index contributed by atoms with van der Waals surface area (Å²) in [5, 5.41) is 0. The van der Waals surface area contributed by atoms with E-state index in [0.717, 1.165) is 0 Å². The van der Waals surface area contributed by atoms with E-state index in [-0.39, 0.29) is 5.78 Å². The van der Waals surface area contributed by atoms with Crippen molar-refractivity contribution >= 4 is 11.4 Å². The molecular weight excluding hydrogens is 216 g/mol. The molecular formula is C12H14N4O. The predicted molar refractivity (Wildman–Crippen MR) is 64.9 cm³/mol. The molecule has 0 radical (unpaired) electrons. The number of ketones is 1. The minimum absolute atomic E-state index is 0.0603. The van der Waals surface area contributed by atoms with E-state index in [0.29, 0.717) is 17.0 Å². The zero-order valence-corrected chi connectivity index (χ0v) is 10.1. The molecule has 5 nitrogen and oxygen atoms in total. The predicted octanol–water partition coefficient (Wildman–Crippen LogP) is 1.30. The van der Waals surface area contributed by atoms with Crippen LogP contribution in [0.3, 0.4) is 0 Å². The topological polar surface area (TPSA) is 50.5 Å². The lowest BCUT2D eigenvalue weighted by Crippen LogP contribution is -2.06. The summed E-state index contributed by atoms with van der Waals surface area (Å²) in [5.41, 5.74) is 1.98. The second-order valence-corrected chi connectivity index (χ2v) is 3.99. The molecule has 0 bridgehead atoms. The lowest BCUT2D eigenvalue weighted by atomic mass is 10.2. The van der Waals surface area contributed by atoms with E-state index in [1.165, 1.54) is 6.08 Å². The second kappa shape index (κ2) is 4.37. The van der Waals surface area contributed by atoms with Gasteiger partial charge in [-0.15, -0.1) is 0 Å². The molecule has 0 atom stereocenters. The van der Waals surface area contributed by atoms with Crippen molar-refractivity contribution in [3.63, 3.8) is 0 Å². The number of hydrogen-bond acceptors (Lipinski definition) is 4. The highest BCUT2D eigenvalue weighted by molar-refractivity contribution is 6.04. The number of carbonyl (C=O) groups is 1. The largest absolute Gasteiger partial charge is 0.383 e. The van der Waals surface area contributed by atoms with Gasteiger partial charge in [0.2, 0.25) is 5.78 Å². The number of fused-ring (bicyclic) bond motifs is 1. The number of aryl methyl sites for hydroxylation is 1. The molecule has 2 aromatic rings. The summed E-state index contributed by atoms with van der Waals surface area (Å²) >= 11 is 0. The van der Waals surface area contributed by atoms with Crippen LogP contribution in [0.2, 0.25) is 0 Å². The summed E-state index contributed by atoms with van der Waals surface area (Å²) in [5.74, 6) is -0.0603. The summed E-state index contributed by atoms with van der Waals surface area (Å²) in [4.78, 5) is 22.1. The summed E-state index contributed by atoms with van der Waals surface area (Å²) in [7, 11) is 3.74. The minimum Gasteiger partial charge on any atom is -0.383 e. The Hall–Kier alpha value is -2.17. The first kappa shape index (κ1) is 11.3. The summed E-state index contributed by atoms with van der Waals surface area (Å²) in [6, 6.07) is 0. The third-order valence-corrected chi connectivity index (χ3v) is 2.36. The molecule has 0 aromatic carbocycles. The first-order valence-corrected chi connectivity index (χ1v) is 5.27. The maximum absolute atomic E-state index is 12.1. The molecule has 2 aromatic heterocycles. The molecule has 0 saturated carbocycles. The average molecular weight is 230 g/mol. The van der Waals surface area contributed by atoms with Gasteiger partial charge in [0, 0.05) is 38.8 Å². The quantitative estimate of drug-likeness (QED) is 0.589. The van der Waals surface area contributed by atoms with Crippen molar-refractivity contribution in [2.75, 3.05) is 14.1 Å². The van der Waals surface area contributed by atoms with E-state index in [4.69, 9.17) is 0 Å². The van der Waals surface area contributed by atoms with E-state index < -0.39 is 0 Å². The summed E-state index contributed by atoms with van der Waals surface area (Å²) in [6.45, 7) is 1.82. The minimum atomic E-state index is -0.0603. The van der Waals surface area contributed by atoms with Crippen LogP contribution in [0.15, 0.2) is 30.9 Å². The van der Waals surface area contributed by atoms with Crippen molar-refractivity contribution in [3.8, 4) is 0 Å². The maximum atomic E-state index is 12.1. The van der Waals surface area contributed by atoms with Crippen LogP contribution in [0, 0.1) is 6.92 Å². The fourth-order valence-electron chi connectivity index (χ4n) is 1.62. The summed E-state index contributed by atoms with van der Waals surface area (Å²) in [6.07, 6.45) is 8.28. The van der Waals surface area contributed by atoms with E-state index >= 15 is 0 Å². The number of nitrogens with zero attached hydrogens (tertiary/aromatic N) is 4. The molecule has 0 N–H and O–H groups in total. The number of rotatable bonds is 3. The number of hydrogen-bond donors (Lipinski definition) is 0. The van der Waals surface area contributed by atoms with Gasteiger partial charge >= 0.3 is 0 Å². The standard InChI is InChI=1S/C12H14N4O/c1-9-12(10(17)4-6-15(2)3)16-7-5-13-8-11(16)14-9/h4-8H,1-3H3. The van der Waals surface area contributed by atoms with Gasteiger partial charge in [0.25, 0.3) is 0 Å². The first-order chi connectivity index (χ1) is 8.09. The highest BCUT2D eigenvalue weighted by Crippen LogP contribution is 2.11. The molecule has 0 aliphatic carbocycles. The van der Waals surface area contributed by atoms with Gasteiger partial charge in [0.05, 0.1) is 11.9 Å². The number of imidazole rings is 1. The van der Waals surface area contributed by atoms with Crippen LogP contribution in [-0.4, -0.2) is 39.1 Å². The normalized spacial score (nSPS) is 11.2. The van der Waals surface area contributed by atoms with Crippen LogP contribution in [-0.2, 0) is 0 Å². The van der Waals surface area contributed by atoms with Crippen molar-refractivity contribution in [1.29, 1.82) is 0 Å². The van der Waals surface area contributed by atoms with Gasteiger partial charge < -0.3 is 4.90 Å². The zero-order valence-electron chi connectivity index (χ0n) is 10.1. The van der Waals surface area contributed by atoms with E-state index in [2.05, 4.69) is 9.97 Å². The van der Waals surface area contributed by atoms with Crippen LogP contribution in [0.5, 0.6) is 0 Å². The van der Waals surface area contributed by atoms with E-state index in [1.807, 2.05) is 25.9 Å². The summed E-state index contributed by atoms with van der Waals surface area (Å²) < 4.78 is 1.75. The van der Waals surface area contributed by atoms with E-state index in [1.54, 1.807) is 29.2 Å². The van der Waals surface area contributed by atoms with Crippen molar-refractivity contribution < 1.29 is 4.79 Å². The Bertz CT molecular complexity index is 583. The lowest BCUT2D eigenvalue weighted by molar-refractivity contribution is 0.104. The molecule has 0 unspecified atom stereocenters. The van der Waals surface area contributed by atoms with Gasteiger partial charge in [-0.3, -0.25) is 14.2 Å². The molecule has 2 rings (SSSR count). The Labute approximate surface area is 99.4 Å². The van der Waals surface area contributed by atoms with Gasteiger partial charge in [0.15, 0.2) is 5.65 Å². The van der Waals surface area contributed by atoms with Gasteiger partial charge in [0.1, 0.15) is 5.69 Å². The van der Waals surface area contributed by atoms with Gasteiger partial charge in [-0.1, -0.05) is 0 Å². The Morgan fingerprint density at radius 2 is 2.24 bits per heavy atom. The fraction of sp³-hybridized carbons (Fsp3) is 0.250. The van der Waals surface area contributed by atoms with Crippen LogP contribution in [0.4, 0.5) is 0 Å².